The molecule has 0 aliphatic carbocycles. The van der Waals surface area contributed by atoms with Gasteiger partial charge in [-0.15, -0.1) is 0 Å². The van der Waals surface area contributed by atoms with Gasteiger partial charge in [0.2, 0.25) is 0 Å². The Morgan fingerprint density at radius 3 is 1.95 bits per heavy atom. The predicted molar refractivity (Wildman–Crippen MR) is 94.9 cm³/mol. The van der Waals surface area contributed by atoms with E-state index in [4.69, 9.17) is 0 Å². The van der Waals surface area contributed by atoms with E-state index in [0.29, 0.717) is 17.8 Å². The Balaban J connectivity index is 2.85. The van der Waals surface area contributed by atoms with Crippen LogP contribution in [0.2, 0.25) is 0 Å². The molecule has 0 spiro atoms. The standard InChI is InChI=1S/C19H34N2/c1-15(2)11-20-12-18-9-7-8-10-19(18)21(13-16(3)4)14-17(5)6/h7-10,15-17,20H,11-14H2,1-6H3. The molecule has 0 radical (unpaired) electrons. The molecule has 120 valence electrons. The zero-order valence-corrected chi connectivity index (χ0v) is 14.8. The molecule has 0 bridgehead atoms. The van der Waals surface area contributed by atoms with Crippen LogP contribution >= 0.6 is 0 Å². The van der Waals surface area contributed by atoms with Crippen LogP contribution in [-0.2, 0) is 6.54 Å². The summed E-state index contributed by atoms with van der Waals surface area (Å²) in [6.07, 6.45) is 0. The van der Waals surface area contributed by atoms with E-state index in [1.165, 1.54) is 11.3 Å². The van der Waals surface area contributed by atoms with Crippen LogP contribution in [0.3, 0.4) is 0 Å². The Morgan fingerprint density at radius 1 is 0.857 bits per heavy atom. The van der Waals surface area contributed by atoms with Gasteiger partial charge in [0.1, 0.15) is 0 Å². The van der Waals surface area contributed by atoms with E-state index in [1.54, 1.807) is 0 Å². The van der Waals surface area contributed by atoms with Crippen molar-refractivity contribution in [1.82, 2.24) is 5.32 Å². The van der Waals surface area contributed by atoms with Gasteiger partial charge in [-0.05, 0) is 35.9 Å². The first-order valence-electron chi connectivity index (χ1n) is 8.43. The minimum Gasteiger partial charge on any atom is -0.371 e. The molecule has 0 aromatic heterocycles. The number of nitrogens with zero attached hydrogens (tertiary/aromatic N) is 1. The van der Waals surface area contributed by atoms with Crippen molar-refractivity contribution in [3.8, 4) is 0 Å². The highest BCUT2D eigenvalue weighted by Crippen LogP contribution is 2.22. The molecule has 2 heteroatoms. The van der Waals surface area contributed by atoms with Crippen molar-refractivity contribution >= 4 is 5.69 Å². The fourth-order valence-corrected chi connectivity index (χ4v) is 2.62. The molecular formula is C19H34N2. The molecule has 2 nitrogen and oxygen atoms in total. The quantitative estimate of drug-likeness (QED) is 0.717. The Morgan fingerprint density at radius 2 is 1.43 bits per heavy atom. The van der Waals surface area contributed by atoms with Crippen molar-refractivity contribution in [2.24, 2.45) is 17.8 Å². The SMILES string of the molecule is CC(C)CNCc1ccccc1N(CC(C)C)CC(C)C. The minimum atomic E-state index is 0.681. The van der Waals surface area contributed by atoms with Crippen LogP contribution in [0.5, 0.6) is 0 Å². The lowest BCUT2D eigenvalue weighted by Crippen LogP contribution is -2.32. The van der Waals surface area contributed by atoms with Crippen molar-refractivity contribution in [2.75, 3.05) is 24.5 Å². The zero-order valence-electron chi connectivity index (χ0n) is 14.8. The lowest BCUT2D eigenvalue weighted by atomic mass is 10.1. The van der Waals surface area contributed by atoms with Crippen LogP contribution in [-0.4, -0.2) is 19.6 Å². The van der Waals surface area contributed by atoms with Crippen LogP contribution in [0.1, 0.15) is 47.1 Å². The number of rotatable bonds is 9. The maximum Gasteiger partial charge on any atom is 0.0412 e. The fraction of sp³-hybridized carbons (Fsp3) is 0.684. The highest BCUT2D eigenvalue weighted by Gasteiger charge is 2.13. The first-order chi connectivity index (χ1) is 9.90. The summed E-state index contributed by atoms with van der Waals surface area (Å²) in [6, 6.07) is 8.85. The van der Waals surface area contributed by atoms with Gasteiger partial charge < -0.3 is 10.2 Å². The highest BCUT2D eigenvalue weighted by atomic mass is 15.1. The van der Waals surface area contributed by atoms with E-state index in [-0.39, 0.29) is 0 Å². The van der Waals surface area contributed by atoms with Crippen molar-refractivity contribution in [2.45, 2.75) is 48.1 Å². The number of hydrogen-bond acceptors (Lipinski definition) is 2. The van der Waals surface area contributed by atoms with Gasteiger partial charge in [0.15, 0.2) is 0 Å². The summed E-state index contributed by atoms with van der Waals surface area (Å²) in [5.41, 5.74) is 2.82. The van der Waals surface area contributed by atoms with Gasteiger partial charge in [0.25, 0.3) is 0 Å². The maximum atomic E-state index is 3.58. The van der Waals surface area contributed by atoms with Crippen molar-refractivity contribution in [3.05, 3.63) is 29.8 Å². The summed E-state index contributed by atoms with van der Waals surface area (Å²) in [5, 5.41) is 3.58. The maximum absolute atomic E-state index is 3.58. The molecule has 0 saturated carbocycles. The molecule has 0 saturated heterocycles. The van der Waals surface area contributed by atoms with Crippen LogP contribution < -0.4 is 10.2 Å². The summed E-state index contributed by atoms with van der Waals surface area (Å²) in [5.74, 6) is 2.06. The number of para-hydroxylation sites is 1. The monoisotopic (exact) mass is 290 g/mol. The van der Waals surface area contributed by atoms with Crippen molar-refractivity contribution < 1.29 is 0 Å². The van der Waals surface area contributed by atoms with Gasteiger partial charge in [-0.2, -0.15) is 0 Å². The second-order valence-electron chi connectivity index (χ2n) is 7.35. The molecule has 1 N–H and O–H groups in total. The molecule has 1 aromatic carbocycles. The van der Waals surface area contributed by atoms with E-state index in [0.717, 1.165) is 26.2 Å². The minimum absolute atomic E-state index is 0.681. The molecule has 0 heterocycles. The fourth-order valence-electron chi connectivity index (χ4n) is 2.62. The van der Waals surface area contributed by atoms with Crippen LogP contribution in [0, 0.1) is 17.8 Å². The van der Waals surface area contributed by atoms with Crippen LogP contribution in [0.15, 0.2) is 24.3 Å². The normalized spacial score (nSPS) is 11.7. The second-order valence-corrected chi connectivity index (χ2v) is 7.35. The van der Waals surface area contributed by atoms with Crippen LogP contribution in [0.25, 0.3) is 0 Å². The molecule has 0 atom stereocenters. The molecule has 0 unspecified atom stereocenters. The highest BCUT2D eigenvalue weighted by molar-refractivity contribution is 5.53. The van der Waals surface area contributed by atoms with E-state index in [1.807, 2.05) is 0 Å². The third kappa shape index (κ3) is 6.99. The zero-order chi connectivity index (χ0) is 15.8. The number of hydrogen-bond donors (Lipinski definition) is 1. The summed E-state index contributed by atoms with van der Waals surface area (Å²) in [7, 11) is 0. The third-order valence-electron chi connectivity index (χ3n) is 3.37. The molecule has 0 aliphatic rings. The number of anilines is 1. The van der Waals surface area contributed by atoms with Crippen LogP contribution in [0.4, 0.5) is 5.69 Å². The van der Waals surface area contributed by atoms with E-state index >= 15 is 0 Å². The third-order valence-corrected chi connectivity index (χ3v) is 3.37. The van der Waals surface area contributed by atoms with Crippen molar-refractivity contribution in [3.63, 3.8) is 0 Å². The van der Waals surface area contributed by atoms with Gasteiger partial charge in [-0.1, -0.05) is 59.7 Å². The predicted octanol–water partition coefficient (Wildman–Crippen LogP) is 4.55. The lowest BCUT2D eigenvalue weighted by Gasteiger charge is -2.30. The largest absolute Gasteiger partial charge is 0.371 e. The molecular weight excluding hydrogens is 256 g/mol. The van der Waals surface area contributed by atoms with Gasteiger partial charge in [0.05, 0.1) is 0 Å². The number of nitrogens with one attached hydrogen (secondary N) is 1. The van der Waals surface area contributed by atoms with Gasteiger partial charge >= 0.3 is 0 Å². The molecule has 0 aliphatic heterocycles. The van der Waals surface area contributed by atoms with Gasteiger partial charge in [-0.3, -0.25) is 0 Å². The Labute approximate surface area is 131 Å². The van der Waals surface area contributed by atoms with E-state index < -0.39 is 0 Å². The summed E-state index contributed by atoms with van der Waals surface area (Å²) in [4.78, 5) is 2.56. The first kappa shape index (κ1) is 18.0. The van der Waals surface area contributed by atoms with Crippen molar-refractivity contribution in [1.29, 1.82) is 0 Å². The number of benzene rings is 1. The molecule has 0 fully saturated rings. The molecule has 0 amide bonds. The van der Waals surface area contributed by atoms with E-state index in [2.05, 4.69) is 76.0 Å². The summed E-state index contributed by atoms with van der Waals surface area (Å²) < 4.78 is 0. The van der Waals surface area contributed by atoms with Gasteiger partial charge in [0, 0.05) is 25.3 Å². The van der Waals surface area contributed by atoms with E-state index in [9.17, 15) is 0 Å². The lowest BCUT2D eigenvalue weighted by molar-refractivity contribution is 0.540. The smallest absolute Gasteiger partial charge is 0.0412 e. The molecule has 21 heavy (non-hydrogen) atoms. The Bertz CT molecular complexity index is 386. The molecule has 1 aromatic rings. The summed E-state index contributed by atoms with van der Waals surface area (Å²) in [6.45, 7) is 18.0. The summed E-state index contributed by atoms with van der Waals surface area (Å²) >= 11 is 0. The first-order valence-corrected chi connectivity index (χ1v) is 8.43. The second kappa shape index (κ2) is 9.09. The Hall–Kier alpha value is -1.02. The average Bonchev–Trinajstić information content (AvgIpc) is 2.37. The average molecular weight is 290 g/mol. The Kier molecular flexibility index (Phi) is 7.81. The van der Waals surface area contributed by atoms with Gasteiger partial charge in [-0.25, -0.2) is 0 Å². The molecule has 1 rings (SSSR count). The topological polar surface area (TPSA) is 15.3 Å².